The van der Waals surface area contributed by atoms with Gasteiger partial charge in [-0.25, -0.2) is 9.97 Å². The Hall–Kier alpha value is -4.40. The molecular formula is C23H21N5O4. The Labute approximate surface area is 184 Å². The Kier molecular flexibility index (Phi) is 5.98. The molecule has 0 saturated carbocycles. The molecule has 4 rings (SSSR count). The first-order valence-electron chi connectivity index (χ1n) is 9.71. The zero-order valence-corrected chi connectivity index (χ0v) is 17.8. The Morgan fingerprint density at radius 3 is 2.44 bits per heavy atom. The fourth-order valence-corrected chi connectivity index (χ4v) is 3.01. The van der Waals surface area contributed by atoms with E-state index in [9.17, 15) is 4.79 Å². The third-order valence-electron chi connectivity index (χ3n) is 4.55. The van der Waals surface area contributed by atoms with Crippen molar-refractivity contribution in [3.05, 3.63) is 78.6 Å². The lowest BCUT2D eigenvalue weighted by Crippen LogP contribution is -2.12. The van der Waals surface area contributed by atoms with E-state index in [1.54, 1.807) is 85.9 Å². The quantitative estimate of drug-likeness (QED) is 0.471. The molecule has 0 spiro atoms. The number of ether oxygens (including phenoxy) is 3. The third kappa shape index (κ3) is 4.67. The van der Waals surface area contributed by atoms with Gasteiger partial charge in [-0.3, -0.25) is 9.36 Å². The molecule has 0 radical (unpaired) electrons. The molecule has 0 atom stereocenters. The molecule has 4 aromatic rings. The van der Waals surface area contributed by atoms with Crippen LogP contribution in [0.15, 0.2) is 67.3 Å². The molecule has 1 amide bonds. The Bertz CT molecular complexity index is 1220. The van der Waals surface area contributed by atoms with Gasteiger partial charge in [-0.15, -0.1) is 0 Å². The van der Waals surface area contributed by atoms with Crippen molar-refractivity contribution in [2.24, 2.45) is 0 Å². The van der Waals surface area contributed by atoms with Crippen LogP contribution in [0.1, 0.15) is 16.2 Å². The molecule has 2 aromatic carbocycles. The van der Waals surface area contributed by atoms with Gasteiger partial charge in [-0.05, 0) is 49.4 Å². The summed E-state index contributed by atoms with van der Waals surface area (Å²) < 4.78 is 18.1. The average molecular weight is 431 g/mol. The Morgan fingerprint density at radius 1 is 0.969 bits per heavy atom. The largest absolute Gasteiger partial charge is 0.493 e. The van der Waals surface area contributed by atoms with E-state index in [2.05, 4.69) is 20.3 Å². The summed E-state index contributed by atoms with van der Waals surface area (Å²) in [6.45, 7) is 1.79. The van der Waals surface area contributed by atoms with E-state index in [1.807, 2.05) is 0 Å². The van der Waals surface area contributed by atoms with E-state index in [0.29, 0.717) is 46.0 Å². The minimum Gasteiger partial charge on any atom is -0.493 e. The first kappa shape index (κ1) is 20.9. The van der Waals surface area contributed by atoms with Crippen molar-refractivity contribution < 1.29 is 19.0 Å². The number of hydrogen-bond donors (Lipinski definition) is 1. The number of nitrogens with one attached hydrogen (secondary N) is 1. The van der Waals surface area contributed by atoms with Crippen molar-refractivity contribution in [3.63, 3.8) is 0 Å². The number of carbonyl (C=O) groups is 1. The highest BCUT2D eigenvalue weighted by molar-refractivity contribution is 6.04. The molecule has 0 unspecified atom stereocenters. The lowest BCUT2D eigenvalue weighted by Gasteiger charge is -2.11. The predicted octanol–water partition coefficient (Wildman–Crippen LogP) is 4.03. The molecule has 9 heteroatoms. The summed E-state index contributed by atoms with van der Waals surface area (Å²) in [4.78, 5) is 25.3. The van der Waals surface area contributed by atoms with Gasteiger partial charge in [0.25, 0.3) is 5.91 Å². The summed E-state index contributed by atoms with van der Waals surface area (Å²) in [5.41, 5.74) is 1.07. The monoisotopic (exact) mass is 431 g/mol. The number of carbonyl (C=O) groups excluding carboxylic acids is 1. The van der Waals surface area contributed by atoms with Gasteiger partial charge in [-0.2, -0.15) is 4.98 Å². The van der Waals surface area contributed by atoms with Crippen molar-refractivity contribution in [2.45, 2.75) is 6.92 Å². The highest BCUT2D eigenvalue weighted by atomic mass is 16.5. The normalized spacial score (nSPS) is 10.5. The van der Waals surface area contributed by atoms with Crippen LogP contribution >= 0.6 is 0 Å². The maximum atomic E-state index is 12.6. The van der Waals surface area contributed by atoms with Crippen molar-refractivity contribution in [2.75, 3.05) is 19.5 Å². The Morgan fingerprint density at radius 2 is 1.75 bits per heavy atom. The van der Waals surface area contributed by atoms with E-state index in [0.717, 1.165) is 0 Å². The number of anilines is 1. The molecule has 9 nitrogen and oxygen atoms in total. The fraction of sp³-hybridized carbons (Fsp3) is 0.130. The maximum absolute atomic E-state index is 12.6. The SMILES string of the molecule is COc1ccc(C(=O)Nc2ccc(Oc3cc(-n4ccnc4)nc(C)n3)cc2)cc1OC. The van der Waals surface area contributed by atoms with E-state index >= 15 is 0 Å². The first-order chi connectivity index (χ1) is 15.6. The second-order valence-electron chi connectivity index (χ2n) is 6.73. The molecule has 0 fully saturated rings. The molecule has 0 saturated heterocycles. The molecule has 2 heterocycles. The summed E-state index contributed by atoms with van der Waals surface area (Å²) >= 11 is 0. The van der Waals surface area contributed by atoms with Gasteiger partial charge in [0.05, 0.1) is 14.2 Å². The zero-order valence-electron chi connectivity index (χ0n) is 17.8. The number of nitrogens with zero attached hydrogens (tertiary/aromatic N) is 4. The van der Waals surface area contributed by atoms with Crippen LogP contribution in [-0.4, -0.2) is 39.6 Å². The minimum atomic E-state index is -0.268. The molecule has 2 aromatic heterocycles. The number of imidazole rings is 1. The smallest absolute Gasteiger partial charge is 0.255 e. The summed E-state index contributed by atoms with van der Waals surface area (Å²) in [7, 11) is 3.07. The fourth-order valence-electron chi connectivity index (χ4n) is 3.01. The predicted molar refractivity (Wildman–Crippen MR) is 118 cm³/mol. The van der Waals surface area contributed by atoms with Crippen LogP contribution in [0.3, 0.4) is 0 Å². The van der Waals surface area contributed by atoms with Crippen molar-refractivity contribution in [1.29, 1.82) is 0 Å². The summed E-state index contributed by atoms with van der Waals surface area (Å²) in [6, 6.07) is 13.7. The molecular weight excluding hydrogens is 410 g/mol. The van der Waals surface area contributed by atoms with Crippen LogP contribution < -0.4 is 19.5 Å². The van der Waals surface area contributed by atoms with E-state index in [1.165, 1.54) is 7.11 Å². The third-order valence-corrected chi connectivity index (χ3v) is 4.55. The van der Waals surface area contributed by atoms with Crippen molar-refractivity contribution >= 4 is 11.6 Å². The van der Waals surface area contributed by atoms with Gasteiger partial charge in [-0.1, -0.05) is 0 Å². The van der Waals surface area contributed by atoms with Gasteiger partial charge in [0, 0.05) is 29.7 Å². The van der Waals surface area contributed by atoms with Crippen LogP contribution in [0.4, 0.5) is 5.69 Å². The number of aryl methyl sites for hydroxylation is 1. The van der Waals surface area contributed by atoms with E-state index in [-0.39, 0.29) is 5.91 Å². The van der Waals surface area contributed by atoms with E-state index in [4.69, 9.17) is 14.2 Å². The van der Waals surface area contributed by atoms with Gasteiger partial charge < -0.3 is 19.5 Å². The molecule has 32 heavy (non-hydrogen) atoms. The Balaban J connectivity index is 1.45. The minimum absolute atomic E-state index is 0.268. The lowest BCUT2D eigenvalue weighted by molar-refractivity contribution is 0.102. The zero-order chi connectivity index (χ0) is 22.5. The molecule has 1 N–H and O–H groups in total. The van der Waals surface area contributed by atoms with Crippen LogP contribution in [0.2, 0.25) is 0 Å². The van der Waals surface area contributed by atoms with Crippen LogP contribution in [-0.2, 0) is 0 Å². The van der Waals surface area contributed by atoms with E-state index < -0.39 is 0 Å². The topological polar surface area (TPSA) is 100 Å². The average Bonchev–Trinajstić information content (AvgIpc) is 3.34. The number of hydrogen-bond acceptors (Lipinski definition) is 7. The number of aromatic nitrogens is 4. The van der Waals surface area contributed by atoms with Crippen molar-refractivity contribution in [1.82, 2.24) is 19.5 Å². The second-order valence-corrected chi connectivity index (χ2v) is 6.73. The number of amides is 1. The standard InChI is InChI=1S/C23H21N5O4/c1-15-25-21(28-11-10-24-14-28)13-22(26-15)32-18-7-5-17(6-8-18)27-23(29)16-4-9-19(30-2)20(12-16)31-3/h4-14H,1-3H3,(H,27,29). The summed E-state index contributed by atoms with van der Waals surface area (Å²) in [6.07, 6.45) is 5.12. The van der Waals surface area contributed by atoms with Gasteiger partial charge in [0.15, 0.2) is 11.5 Å². The first-order valence-corrected chi connectivity index (χ1v) is 9.71. The highest BCUT2D eigenvalue weighted by Crippen LogP contribution is 2.28. The van der Waals surface area contributed by atoms with Gasteiger partial charge in [0.2, 0.25) is 5.88 Å². The van der Waals surface area contributed by atoms with Crippen LogP contribution in [0.5, 0.6) is 23.1 Å². The summed E-state index contributed by atoms with van der Waals surface area (Å²) in [5.74, 6) is 2.98. The van der Waals surface area contributed by atoms with Crippen LogP contribution in [0, 0.1) is 6.92 Å². The number of methoxy groups -OCH3 is 2. The summed E-state index contributed by atoms with van der Waals surface area (Å²) in [5, 5.41) is 2.85. The molecule has 162 valence electrons. The molecule has 0 bridgehead atoms. The van der Waals surface area contributed by atoms with Crippen molar-refractivity contribution in [3.8, 4) is 28.9 Å². The lowest BCUT2D eigenvalue weighted by atomic mass is 10.2. The second kappa shape index (κ2) is 9.17. The maximum Gasteiger partial charge on any atom is 0.255 e. The molecule has 0 aliphatic carbocycles. The van der Waals surface area contributed by atoms with Crippen LogP contribution in [0.25, 0.3) is 5.82 Å². The van der Waals surface area contributed by atoms with Gasteiger partial charge >= 0.3 is 0 Å². The number of benzene rings is 2. The highest BCUT2D eigenvalue weighted by Gasteiger charge is 2.11. The number of rotatable bonds is 7. The molecule has 0 aliphatic rings. The molecule has 0 aliphatic heterocycles. The van der Waals surface area contributed by atoms with Gasteiger partial charge in [0.1, 0.15) is 23.7 Å².